The zero-order chi connectivity index (χ0) is 14.4. The summed E-state index contributed by atoms with van der Waals surface area (Å²) in [5.41, 5.74) is 3.84. The lowest BCUT2D eigenvalue weighted by Gasteiger charge is -2.21. The average molecular weight is 269 g/mol. The van der Waals surface area contributed by atoms with Crippen LogP contribution in [0.1, 0.15) is 24.5 Å². The van der Waals surface area contributed by atoms with Crippen molar-refractivity contribution < 1.29 is 0 Å². The highest BCUT2D eigenvalue weighted by molar-refractivity contribution is 5.53. The van der Waals surface area contributed by atoms with Gasteiger partial charge in [-0.1, -0.05) is 25.1 Å². The SMILES string of the molecule is CCCNc1cc(CN(C)c2ccccc2C)ccn1. The second-order valence-electron chi connectivity index (χ2n) is 5.12. The molecule has 0 unspecified atom stereocenters. The van der Waals surface area contributed by atoms with E-state index in [0.717, 1.165) is 25.3 Å². The van der Waals surface area contributed by atoms with Gasteiger partial charge < -0.3 is 10.2 Å². The molecule has 3 nitrogen and oxygen atoms in total. The van der Waals surface area contributed by atoms with Gasteiger partial charge in [0, 0.05) is 32.0 Å². The van der Waals surface area contributed by atoms with Crippen LogP contribution < -0.4 is 10.2 Å². The molecule has 0 spiro atoms. The maximum atomic E-state index is 4.34. The number of para-hydroxylation sites is 1. The van der Waals surface area contributed by atoms with E-state index in [4.69, 9.17) is 0 Å². The van der Waals surface area contributed by atoms with E-state index < -0.39 is 0 Å². The number of hydrogen-bond donors (Lipinski definition) is 1. The molecule has 0 aliphatic heterocycles. The lowest BCUT2D eigenvalue weighted by Crippen LogP contribution is -2.17. The van der Waals surface area contributed by atoms with E-state index in [9.17, 15) is 0 Å². The molecule has 106 valence electrons. The Labute approximate surface area is 121 Å². The Morgan fingerprint density at radius 1 is 1.20 bits per heavy atom. The molecular formula is C17H23N3. The fourth-order valence-electron chi connectivity index (χ4n) is 2.27. The van der Waals surface area contributed by atoms with Crippen LogP contribution in [0, 0.1) is 6.92 Å². The summed E-state index contributed by atoms with van der Waals surface area (Å²) in [6.07, 6.45) is 2.98. The average Bonchev–Trinajstić information content (AvgIpc) is 2.46. The second-order valence-corrected chi connectivity index (χ2v) is 5.12. The Hall–Kier alpha value is -2.03. The molecule has 0 amide bonds. The fraction of sp³-hybridized carbons (Fsp3) is 0.353. The quantitative estimate of drug-likeness (QED) is 0.863. The van der Waals surface area contributed by atoms with Crippen molar-refractivity contribution >= 4 is 11.5 Å². The molecule has 0 aliphatic rings. The van der Waals surface area contributed by atoms with Gasteiger partial charge in [0.25, 0.3) is 0 Å². The Bertz CT molecular complexity index is 551. The summed E-state index contributed by atoms with van der Waals surface area (Å²) in [6.45, 7) is 6.15. The Morgan fingerprint density at radius 2 is 2.00 bits per heavy atom. The number of aryl methyl sites for hydroxylation is 1. The highest BCUT2D eigenvalue weighted by Gasteiger charge is 2.05. The van der Waals surface area contributed by atoms with E-state index in [1.165, 1.54) is 16.8 Å². The summed E-state index contributed by atoms with van der Waals surface area (Å²) in [6, 6.07) is 12.7. The van der Waals surface area contributed by atoms with Crippen LogP contribution in [0.5, 0.6) is 0 Å². The van der Waals surface area contributed by atoms with Crippen LogP contribution >= 0.6 is 0 Å². The molecule has 1 N–H and O–H groups in total. The zero-order valence-electron chi connectivity index (χ0n) is 12.6. The molecular weight excluding hydrogens is 246 g/mol. The van der Waals surface area contributed by atoms with Gasteiger partial charge in [-0.05, 0) is 42.7 Å². The van der Waals surface area contributed by atoms with Gasteiger partial charge in [0.05, 0.1) is 0 Å². The lowest BCUT2D eigenvalue weighted by molar-refractivity contribution is 0.911. The highest BCUT2D eigenvalue weighted by Crippen LogP contribution is 2.20. The molecule has 3 heteroatoms. The maximum absolute atomic E-state index is 4.34. The van der Waals surface area contributed by atoms with Gasteiger partial charge in [-0.15, -0.1) is 0 Å². The predicted molar refractivity (Wildman–Crippen MR) is 86.3 cm³/mol. The molecule has 0 saturated carbocycles. The number of pyridine rings is 1. The first-order valence-corrected chi connectivity index (χ1v) is 7.16. The van der Waals surface area contributed by atoms with Crippen molar-refractivity contribution in [1.82, 2.24) is 4.98 Å². The van der Waals surface area contributed by atoms with Gasteiger partial charge in [0.2, 0.25) is 0 Å². The van der Waals surface area contributed by atoms with Crippen LogP contribution in [0.3, 0.4) is 0 Å². The molecule has 0 bridgehead atoms. The van der Waals surface area contributed by atoms with Crippen molar-refractivity contribution in [3.8, 4) is 0 Å². The molecule has 2 rings (SSSR count). The van der Waals surface area contributed by atoms with Crippen LogP contribution in [0.2, 0.25) is 0 Å². The number of benzene rings is 1. The van der Waals surface area contributed by atoms with Gasteiger partial charge in [0.1, 0.15) is 5.82 Å². The summed E-state index contributed by atoms with van der Waals surface area (Å²) >= 11 is 0. The molecule has 1 aromatic heterocycles. The first kappa shape index (κ1) is 14.4. The van der Waals surface area contributed by atoms with Crippen LogP contribution in [0.4, 0.5) is 11.5 Å². The molecule has 0 aliphatic carbocycles. The normalized spacial score (nSPS) is 10.3. The van der Waals surface area contributed by atoms with Crippen LogP contribution in [-0.2, 0) is 6.54 Å². The van der Waals surface area contributed by atoms with Crippen molar-refractivity contribution in [3.63, 3.8) is 0 Å². The van der Waals surface area contributed by atoms with E-state index in [1.54, 1.807) is 0 Å². The number of nitrogens with zero attached hydrogens (tertiary/aromatic N) is 2. The number of hydrogen-bond acceptors (Lipinski definition) is 3. The minimum absolute atomic E-state index is 0.883. The van der Waals surface area contributed by atoms with Crippen LogP contribution in [0.25, 0.3) is 0 Å². The molecule has 2 aromatic rings. The van der Waals surface area contributed by atoms with E-state index >= 15 is 0 Å². The molecule has 20 heavy (non-hydrogen) atoms. The minimum atomic E-state index is 0.883. The minimum Gasteiger partial charge on any atom is -0.370 e. The number of aromatic nitrogens is 1. The third-order valence-electron chi connectivity index (χ3n) is 3.33. The van der Waals surface area contributed by atoms with Crippen molar-refractivity contribution in [1.29, 1.82) is 0 Å². The molecule has 0 atom stereocenters. The summed E-state index contributed by atoms with van der Waals surface area (Å²) in [7, 11) is 2.13. The van der Waals surface area contributed by atoms with Crippen molar-refractivity contribution in [2.75, 3.05) is 23.8 Å². The number of anilines is 2. The summed E-state index contributed by atoms with van der Waals surface area (Å²) < 4.78 is 0. The topological polar surface area (TPSA) is 28.2 Å². The van der Waals surface area contributed by atoms with E-state index in [-0.39, 0.29) is 0 Å². The van der Waals surface area contributed by atoms with Crippen molar-refractivity contribution in [3.05, 3.63) is 53.7 Å². The van der Waals surface area contributed by atoms with Gasteiger partial charge in [-0.25, -0.2) is 4.98 Å². The Kier molecular flexibility index (Phi) is 4.99. The second kappa shape index (κ2) is 6.94. The lowest BCUT2D eigenvalue weighted by atomic mass is 10.1. The molecule has 1 heterocycles. The van der Waals surface area contributed by atoms with Crippen molar-refractivity contribution in [2.45, 2.75) is 26.8 Å². The summed E-state index contributed by atoms with van der Waals surface area (Å²) in [5, 5.41) is 3.33. The fourth-order valence-corrected chi connectivity index (χ4v) is 2.27. The third kappa shape index (κ3) is 3.73. The van der Waals surface area contributed by atoms with Gasteiger partial charge in [-0.3, -0.25) is 0 Å². The monoisotopic (exact) mass is 269 g/mol. The van der Waals surface area contributed by atoms with Crippen molar-refractivity contribution in [2.24, 2.45) is 0 Å². The third-order valence-corrected chi connectivity index (χ3v) is 3.33. The van der Waals surface area contributed by atoms with E-state index in [2.05, 4.69) is 72.5 Å². The molecule has 0 saturated heterocycles. The summed E-state index contributed by atoms with van der Waals surface area (Å²) in [4.78, 5) is 6.62. The van der Waals surface area contributed by atoms with Gasteiger partial charge >= 0.3 is 0 Å². The largest absolute Gasteiger partial charge is 0.370 e. The smallest absolute Gasteiger partial charge is 0.126 e. The number of nitrogens with one attached hydrogen (secondary N) is 1. The molecule has 1 aromatic carbocycles. The maximum Gasteiger partial charge on any atom is 0.126 e. The first-order valence-electron chi connectivity index (χ1n) is 7.16. The predicted octanol–water partition coefficient (Wildman–Crippen LogP) is 3.85. The number of rotatable bonds is 6. The molecule has 0 radical (unpaired) electrons. The van der Waals surface area contributed by atoms with E-state index in [0.29, 0.717) is 0 Å². The van der Waals surface area contributed by atoms with Gasteiger partial charge in [-0.2, -0.15) is 0 Å². The van der Waals surface area contributed by atoms with Gasteiger partial charge in [0.15, 0.2) is 0 Å². The zero-order valence-corrected chi connectivity index (χ0v) is 12.6. The standard InChI is InChI=1S/C17H23N3/c1-4-10-18-17-12-15(9-11-19-17)13-20(3)16-8-6-5-7-14(16)2/h5-9,11-12H,4,10,13H2,1-3H3,(H,18,19). The van der Waals surface area contributed by atoms with Crippen LogP contribution in [0.15, 0.2) is 42.6 Å². The molecule has 0 fully saturated rings. The summed E-state index contributed by atoms with van der Waals surface area (Å²) in [5.74, 6) is 0.961. The Balaban J connectivity index is 2.08. The highest BCUT2D eigenvalue weighted by atomic mass is 15.1. The first-order chi connectivity index (χ1) is 9.70. The van der Waals surface area contributed by atoms with E-state index in [1.807, 2.05) is 6.20 Å². The van der Waals surface area contributed by atoms with Crippen LogP contribution in [-0.4, -0.2) is 18.6 Å². The Morgan fingerprint density at radius 3 is 2.75 bits per heavy atom.